The molecule has 54 valence electrons. The first-order valence-electron chi connectivity index (χ1n) is 3.26. The fourth-order valence-electron chi connectivity index (χ4n) is 0.690. The van der Waals surface area contributed by atoms with Gasteiger partial charge in [0.25, 0.3) is 0 Å². The zero-order valence-electron chi connectivity index (χ0n) is 6.57. The maximum atomic E-state index is 5.37. The van der Waals surface area contributed by atoms with E-state index in [0.717, 1.165) is 11.4 Å². The topological polar surface area (TPSA) is 38.1 Å². The molecule has 0 spiro atoms. The van der Waals surface area contributed by atoms with Crippen molar-refractivity contribution in [2.24, 2.45) is 4.99 Å². The van der Waals surface area contributed by atoms with Gasteiger partial charge in [-0.05, 0) is 13.0 Å². The van der Waals surface area contributed by atoms with Crippen LogP contribution in [-0.2, 0) is 0 Å². The predicted molar refractivity (Wildman–Crippen MR) is 45.6 cm³/mol. The molecule has 0 amide bonds. The maximum absolute atomic E-state index is 5.37. The maximum Gasteiger partial charge on any atom is 0.170 e. The van der Waals surface area contributed by atoms with Crippen molar-refractivity contribution < 1.29 is 0 Å². The van der Waals surface area contributed by atoms with E-state index in [4.69, 9.17) is 7.85 Å². The molecule has 11 heavy (non-hydrogen) atoms. The quantitative estimate of drug-likeness (QED) is 0.402. The summed E-state index contributed by atoms with van der Waals surface area (Å²) in [5, 5.41) is 0. The van der Waals surface area contributed by atoms with Crippen LogP contribution in [0, 0.1) is 0 Å². The van der Waals surface area contributed by atoms with Gasteiger partial charge < -0.3 is 0 Å². The van der Waals surface area contributed by atoms with Gasteiger partial charge in [-0.25, -0.2) is 4.98 Å². The summed E-state index contributed by atoms with van der Waals surface area (Å²) in [6, 6.07) is 1.78. The summed E-state index contributed by atoms with van der Waals surface area (Å²) in [6.07, 6.45) is 1.62. The number of nitrogens with zero attached hydrogens (tertiary/aromatic N) is 3. The number of aliphatic imine (C=N–C) groups is 1. The van der Waals surface area contributed by atoms with Crippen molar-refractivity contribution >= 4 is 19.3 Å². The minimum absolute atomic E-state index is 0.283. The molecule has 0 unspecified atom stereocenters. The Hall–Kier alpha value is -1.19. The molecule has 0 bridgehead atoms. The number of hydrogen-bond donors (Lipinski definition) is 0. The molecule has 0 fully saturated rings. The standard InChI is InChI=1S/C7H8BN3/c1-5(9-2)6-3-4-10-7(8)11-6/h3-4H,1-2H3. The van der Waals surface area contributed by atoms with Gasteiger partial charge >= 0.3 is 0 Å². The van der Waals surface area contributed by atoms with Crippen LogP contribution in [0.1, 0.15) is 12.6 Å². The molecule has 0 aromatic carbocycles. The Labute approximate surface area is 67.0 Å². The molecule has 2 radical (unpaired) electrons. The van der Waals surface area contributed by atoms with Crippen LogP contribution >= 0.6 is 0 Å². The lowest BCUT2D eigenvalue weighted by molar-refractivity contribution is 1.20. The van der Waals surface area contributed by atoms with Gasteiger partial charge in [-0.1, -0.05) is 0 Å². The highest BCUT2D eigenvalue weighted by atomic mass is 14.9. The van der Waals surface area contributed by atoms with Crippen LogP contribution in [0.5, 0.6) is 0 Å². The van der Waals surface area contributed by atoms with Crippen LogP contribution in [0.15, 0.2) is 17.3 Å². The lowest BCUT2D eigenvalue weighted by Gasteiger charge is -1.98. The minimum atomic E-state index is 0.283. The van der Waals surface area contributed by atoms with Crippen molar-refractivity contribution in [3.8, 4) is 0 Å². The number of rotatable bonds is 1. The molecule has 1 aromatic rings. The Morgan fingerprint density at radius 1 is 1.64 bits per heavy atom. The van der Waals surface area contributed by atoms with Crippen molar-refractivity contribution in [1.29, 1.82) is 0 Å². The van der Waals surface area contributed by atoms with E-state index in [-0.39, 0.29) is 5.72 Å². The summed E-state index contributed by atoms with van der Waals surface area (Å²) in [7, 11) is 7.09. The summed E-state index contributed by atoms with van der Waals surface area (Å²) >= 11 is 0. The zero-order valence-corrected chi connectivity index (χ0v) is 6.57. The van der Waals surface area contributed by atoms with E-state index in [1.165, 1.54) is 0 Å². The smallest absolute Gasteiger partial charge is 0.170 e. The second kappa shape index (κ2) is 3.28. The minimum Gasteiger partial charge on any atom is -0.291 e. The van der Waals surface area contributed by atoms with Crippen LogP contribution in [0.25, 0.3) is 0 Å². The Morgan fingerprint density at radius 2 is 2.36 bits per heavy atom. The molecule has 0 saturated carbocycles. The van der Waals surface area contributed by atoms with Gasteiger partial charge in [0.2, 0.25) is 0 Å². The third-order valence-corrected chi connectivity index (χ3v) is 1.38. The largest absolute Gasteiger partial charge is 0.291 e. The second-order valence-electron chi connectivity index (χ2n) is 2.11. The van der Waals surface area contributed by atoms with Crippen LogP contribution < -0.4 is 5.72 Å². The molecule has 0 atom stereocenters. The van der Waals surface area contributed by atoms with E-state index in [9.17, 15) is 0 Å². The highest BCUT2D eigenvalue weighted by molar-refractivity contribution is 6.29. The first-order valence-corrected chi connectivity index (χ1v) is 3.26. The molecule has 0 saturated heterocycles. The van der Waals surface area contributed by atoms with E-state index in [1.807, 2.05) is 6.92 Å². The molecule has 4 heteroatoms. The van der Waals surface area contributed by atoms with Gasteiger partial charge in [-0.3, -0.25) is 9.98 Å². The van der Waals surface area contributed by atoms with Crippen molar-refractivity contribution in [3.05, 3.63) is 18.0 Å². The van der Waals surface area contributed by atoms with Crippen molar-refractivity contribution in [3.63, 3.8) is 0 Å². The Bertz CT molecular complexity index is 283. The molecular formula is C7H8BN3. The van der Waals surface area contributed by atoms with Crippen LogP contribution in [0.3, 0.4) is 0 Å². The second-order valence-corrected chi connectivity index (χ2v) is 2.11. The summed E-state index contributed by atoms with van der Waals surface area (Å²) in [4.78, 5) is 11.7. The number of hydrogen-bond acceptors (Lipinski definition) is 3. The summed E-state index contributed by atoms with van der Waals surface area (Å²) in [5.41, 5.74) is 1.92. The van der Waals surface area contributed by atoms with Gasteiger partial charge in [-0.2, -0.15) is 0 Å². The monoisotopic (exact) mass is 145 g/mol. The molecule has 1 heterocycles. The third kappa shape index (κ3) is 1.87. The summed E-state index contributed by atoms with van der Waals surface area (Å²) in [5.74, 6) is 0. The highest BCUT2D eigenvalue weighted by Crippen LogP contribution is 1.91. The van der Waals surface area contributed by atoms with Gasteiger partial charge in [0.1, 0.15) is 0 Å². The SMILES string of the molecule is [B]c1nccc(C(C)=NC)n1. The summed E-state index contributed by atoms with van der Waals surface area (Å²) < 4.78 is 0. The van der Waals surface area contributed by atoms with E-state index < -0.39 is 0 Å². The molecule has 1 rings (SSSR count). The lowest BCUT2D eigenvalue weighted by atomic mass is 10.1. The van der Waals surface area contributed by atoms with Gasteiger partial charge in [0.05, 0.1) is 17.1 Å². The van der Waals surface area contributed by atoms with E-state index in [2.05, 4.69) is 15.0 Å². The van der Waals surface area contributed by atoms with Gasteiger partial charge in [0, 0.05) is 13.2 Å². The van der Waals surface area contributed by atoms with Crippen LogP contribution in [-0.4, -0.2) is 30.6 Å². The van der Waals surface area contributed by atoms with Crippen molar-refractivity contribution in [1.82, 2.24) is 9.97 Å². The van der Waals surface area contributed by atoms with Crippen LogP contribution in [0.4, 0.5) is 0 Å². The zero-order chi connectivity index (χ0) is 8.27. The Kier molecular flexibility index (Phi) is 2.36. The van der Waals surface area contributed by atoms with Crippen LogP contribution in [0.2, 0.25) is 0 Å². The Balaban J connectivity index is 3.06. The van der Waals surface area contributed by atoms with E-state index in [1.54, 1.807) is 19.3 Å². The average Bonchev–Trinajstić information content (AvgIpc) is 2.03. The third-order valence-electron chi connectivity index (χ3n) is 1.38. The first kappa shape index (κ1) is 7.92. The average molecular weight is 145 g/mol. The van der Waals surface area contributed by atoms with E-state index in [0.29, 0.717) is 0 Å². The fraction of sp³-hybridized carbons (Fsp3) is 0.286. The number of aromatic nitrogens is 2. The normalized spacial score (nSPS) is 11.6. The molecule has 0 N–H and O–H groups in total. The molecule has 3 nitrogen and oxygen atoms in total. The molecule has 0 aliphatic heterocycles. The first-order chi connectivity index (χ1) is 5.24. The summed E-state index contributed by atoms with van der Waals surface area (Å²) in [6.45, 7) is 1.88. The lowest BCUT2D eigenvalue weighted by Crippen LogP contribution is -2.16. The highest BCUT2D eigenvalue weighted by Gasteiger charge is 1.96. The Morgan fingerprint density at radius 3 is 2.91 bits per heavy atom. The molecule has 0 aliphatic rings. The molecule has 1 aromatic heterocycles. The van der Waals surface area contributed by atoms with E-state index >= 15 is 0 Å². The van der Waals surface area contributed by atoms with Crippen molar-refractivity contribution in [2.75, 3.05) is 7.05 Å². The van der Waals surface area contributed by atoms with Crippen molar-refractivity contribution in [2.45, 2.75) is 6.92 Å². The predicted octanol–water partition coefficient (Wildman–Crippen LogP) is -0.291. The molecular weight excluding hydrogens is 137 g/mol. The molecule has 0 aliphatic carbocycles. The van der Waals surface area contributed by atoms with Gasteiger partial charge in [0.15, 0.2) is 7.85 Å². The van der Waals surface area contributed by atoms with Gasteiger partial charge in [-0.15, -0.1) is 0 Å². The fourth-order valence-corrected chi connectivity index (χ4v) is 0.690.